The topological polar surface area (TPSA) is 67.4 Å². The van der Waals surface area contributed by atoms with E-state index in [-0.39, 0.29) is 11.9 Å². The van der Waals surface area contributed by atoms with Crippen LogP contribution >= 0.6 is 0 Å². The van der Waals surface area contributed by atoms with Crippen molar-refractivity contribution in [3.8, 4) is 0 Å². The molecule has 2 aromatic rings. The van der Waals surface area contributed by atoms with Gasteiger partial charge in [0.1, 0.15) is 0 Å². The Balaban J connectivity index is 1.99. The molecule has 23 heavy (non-hydrogen) atoms. The lowest BCUT2D eigenvalue weighted by Gasteiger charge is -2.09. The van der Waals surface area contributed by atoms with Gasteiger partial charge in [-0.25, -0.2) is 4.79 Å². The van der Waals surface area contributed by atoms with Gasteiger partial charge < -0.3 is 15.4 Å². The van der Waals surface area contributed by atoms with E-state index < -0.39 is 0 Å². The number of nitrogens with one attached hydrogen (secondary N) is 2. The van der Waals surface area contributed by atoms with E-state index in [1.165, 1.54) is 0 Å². The highest BCUT2D eigenvalue weighted by molar-refractivity contribution is 5.91. The lowest BCUT2D eigenvalue weighted by Crippen LogP contribution is -2.09. The first-order valence-corrected chi connectivity index (χ1v) is 7.56. The number of hydrogen-bond donors (Lipinski definition) is 2. The fourth-order valence-corrected chi connectivity index (χ4v) is 1.96. The van der Waals surface area contributed by atoms with Gasteiger partial charge in [0, 0.05) is 23.5 Å². The summed E-state index contributed by atoms with van der Waals surface area (Å²) in [4.78, 5) is 22.9. The molecule has 0 aliphatic rings. The van der Waals surface area contributed by atoms with Gasteiger partial charge in [-0.2, -0.15) is 0 Å². The third-order valence-electron chi connectivity index (χ3n) is 3.17. The molecule has 0 saturated heterocycles. The number of carbonyl (C=O) groups is 2. The highest BCUT2D eigenvalue weighted by atomic mass is 16.5. The number of benzene rings is 2. The summed E-state index contributed by atoms with van der Waals surface area (Å²) in [5.74, 6) is -0.338. The van der Waals surface area contributed by atoms with Gasteiger partial charge in [0.25, 0.3) is 0 Å². The molecule has 5 nitrogen and oxygen atoms in total. The van der Waals surface area contributed by atoms with Crippen LogP contribution < -0.4 is 10.6 Å². The van der Waals surface area contributed by atoms with Crippen LogP contribution in [0.3, 0.4) is 0 Å². The van der Waals surface area contributed by atoms with Gasteiger partial charge in [-0.05, 0) is 55.5 Å². The summed E-state index contributed by atoms with van der Waals surface area (Å²) < 4.78 is 4.95. The van der Waals surface area contributed by atoms with E-state index in [9.17, 15) is 9.59 Å². The first-order chi connectivity index (χ1) is 11.1. The minimum absolute atomic E-state index is 0.0136. The third-order valence-corrected chi connectivity index (χ3v) is 3.17. The maximum absolute atomic E-state index is 11.6. The van der Waals surface area contributed by atoms with Crippen molar-refractivity contribution in [3.05, 3.63) is 54.1 Å². The van der Waals surface area contributed by atoms with Crippen LogP contribution in [-0.2, 0) is 9.53 Å². The van der Waals surface area contributed by atoms with Gasteiger partial charge in [0.15, 0.2) is 0 Å². The Morgan fingerprint density at radius 1 is 0.870 bits per heavy atom. The Morgan fingerprint density at radius 3 is 1.91 bits per heavy atom. The molecular formula is C18H20N2O3. The molecule has 0 atom stereocenters. The van der Waals surface area contributed by atoms with E-state index in [2.05, 4.69) is 10.6 Å². The zero-order valence-corrected chi connectivity index (χ0v) is 13.3. The monoisotopic (exact) mass is 312 g/mol. The predicted octanol–water partition coefficient (Wildman–Crippen LogP) is 3.96. The van der Waals surface area contributed by atoms with E-state index >= 15 is 0 Å². The fraction of sp³-hybridized carbons (Fsp3) is 0.222. The second-order valence-electron chi connectivity index (χ2n) is 4.90. The summed E-state index contributed by atoms with van der Waals surface area (Å²) in [6.07, 6.45) is 0.451. The van der Waals surface area contributed by atoms with Crippen LogP contribution in [0.5, 0.6) is 0 Å². The molecule has 0 heterocycles. The molecule has 0 spiro atoms. The van der Waals surface area contributed by atoms with E-state index in [1.807, 2.05) is 43.3 Å². The van der Waals surface area contributed by atoms with Gasteiger partial charge in [-0.3, -0.25) is 4.79 Å². The molecular weight excluding hydrogens is 292 g/mol. The van der Waals surface area contributed by atoms with Gasteiger partial charge in [0.2, 0.25) is 5.91 Å². The van der Waals surface area contributed by atoms with Gasteiger partial charge >= 0.3 is 5.97 Å². The summed E-state index contributed by atoms with van der Waals surface area (Å²) >= 11 is 0. The van der Waals surface area contributed by atoms with Gasteiger partial charge in [0.05, 0.1) is 12.2 Å². The van der Waals surface area contributed by atoms with Crippen LogP contribution in [0.25, 0.3) is 0 Å². The van der Waals surface area contributed by atoms with Crippen molar-refractivity contribution in [2.45, 2.75) is 20.3 Å². The van der Waals surface area contributed by atoms with Crippen molar-refractivity contribution in [2.75, 3.05) is 17.2 Å². The van der Waals surface area contributed by atoms with E-state index in [1.54, 1.807) is 19.1 Å². The quantitative estimate of drug-likeness (QED) is 0.792. The molecule has 0 unspecified atom stereocenters. The largest absolute Gasteiger partial charge is 0.462 e. The molecule has 2 rings (SSSR count). The lowest BCUT2D eigenvalue weighted by molar-refractivity contribution is -0.115. The number of hydrogen-bond acceptors (Lipinski definition) is 4. The van der Waals surface area contributed by atoms with Gasteiger partial charge in [-0.1, -0.05) is 6.92 Å². The summed E-state index contributed by atoms with van der Waals surface area (Å²) in [5, 5.41) is 6.03. The van der Waals surface area contributed by atoms with Crippen LogP contribution in [0, 0.1) is 0 Å². The van der Waals surface area contributed by atoms with Crippen LogP contribution in [-0.4, -0.2) is 18.5 Å². The van der Waals surface area contributed by atoms with E-state index in [0.717, 1.165) is 17.1 Å². The first-order valence-electron chi connectivity index (χ1n) is 7.56. The van der Waals surface area contributed by atoms with Crippen molar-refractivity contribution in [1.29, 1.82) is 0 Å². The molecule has 1 amide bonds. The zero-order chi connectivity index (χ0) is 16.7. The second kappa shape index (κ2) is 7.98. The van der Waals surface area contributed by atoms with Crippen molar-refractivity contribution in [2.24, 2.45) is 0 Å². The van der Waals surface area contributed by atoms with Crippen molar-refractivity contribution in [3.63, 3.8) is 0 Å². The third kappa shape index (κ3) is 4.85. The Labute approximate surface area is 135 Å². The fourth-order valence-electron chi connectivity index (χ4n) is 1.96. The number of amides is 1. The molecule has 0 radical (unpaired) electrons. The highest BCUT2D eigenvalue weighted by Crippen LogP contribution is 2.19. The van der Waals surface area contributed by atoms with Crippen molar-refractivity contribution in [1.82, 2.24) is 0 Å². The average Bonchev–Trinajstić information content (AvgIpc) is 2.57. The predicted molar refractivity (Wildman–Crippen MR) is 91.0 cm³/mol. The van der Waals surface area contributed by atoms with Crippen molar-refractivity contribution >= 4 is 28.9 Å². The number of anilines is 3. The number of ether oxygens (including phenoxy) is 1. The standard InChI is InChI=1S/C18H20N2O3/c1-3-17(21)20-16-11-9-15(10-12-16)19-14-7-5-13(6-8-14)18(22)23-4-2/h5-12,19H,3-4H2,1-2H3,(H,20,21). The summed E-state index contributed by atoms with van der Waals surface area (Å²) in [6, 6.07) is 14.5. The normalized spacial score (nSPS) is 10.0. The Bertz CT molecular complexity index is 664. The molecule has 2 N–H and O–H groups in total. The van der Waals surface area contributed by atoms with Crippen LogP contribution in [0.4, 0.5) is 17.1 Å². The highest BCUT2D eigenvalue weighted by Gasteiger charge is 2.05. The summed E-state index contributed by atoms with van der Waals surface area (Å²) in [5.41, 5.74) is 3.04. The zero-order valence-electron chi connectivity index (χ0n) is 13.3. The Morgan fingerprint density at radius 2 is 1.39 bits per heavy atom. The van der Waals surface area contributed by atoms with Crippen LogP contribution in [0.15, 0.2) is 48.5 Å². The molecule has 2 aromatic carbocycles. The summed E-state index contributed by atoms with van der Waals surface area (Å²) in [7, 11) is 0. The van der Waals surface area contributed by atoms with Gasteiger partial charge in [-0.15, -0.1) is 0 Å². The van der Waals surface area contributed by atoms with Crippen molar-refractivity contribution < 1.29 is 14.3 Å². The lowest BCUT2D eigenvalue weighted by atomic mass is 10.2. The van der Waals surface area contributed by atoms with Crippen LogP contribution in [0.1, 0.15) is 30.6 Å². The number of rotatable bonds is 6. The smallest absolute Gasteiger partial charge is 0.338 e. The van der Waals surface area contributed by atoms with E-state index in [4.69, 9.17) is 4.74 Å². The Kier molecular flexibility index (Phi) is 5.74. The molecule has 120 valence electrons. The molecule has 0 aliphatic heterocycles. The SMILES string of the molecule is CCOC(=O)c1ccc(Nc2ccc(NC(=O)CC)cc2)cc1. The van der Waals surface area contributed by atoms with Crippen LogP contribution in [0.2, 0.25) is 0 Å². The minimum Gasteiger partial charge on any atom is -0.462 e. The second-order valence-corrected chi connectivity index (χ2v) is 4.90. The molecule has 0 aliphatic carbocycles. The number of esters is 1. The van der Waals surface area contributed by atoms with E-state index in [0.29, 0.717) is 18.6 Å². The molecule has 0 fully saturated rings. The maximum atomic E-state index is 11.6. The minimum atomic E-state index is -0.324. The maximum Gasteiger partial charge on any atom is 0.338 e. The first kappa shape index (κ1) is 16.5. The molecule has 0 saturated carbocycles. The average molecular weight is 312 g/mol. The molecule has 0 aromatic heterocycles. The number of carbonyl (C=O) groups excluding carboxylic acids is 2. The Hall–Kier alpha value is -2.82. The molecule has 5 heteroatoms. The summed E-state index contributed by atoms with van der Waals surface area (Å²) in [6.45, 7) is 3.95. The molecule has 0 bridgehead atoms.